The zero-order valence-corrected chi connectivity index (χ0v) is 26.0. The summed E-state index contributed by atoms with van der Waals surface area (Å²) in [4.78, 5) is 21.9. The van der Waals surface area contributed by atoms with Crippen molar-refractivity contribution in [3.63, 3.8) is 0 Å². The van der Waals surface area contributed by atoms with Crippen LogP contribution < -0.4 is 15.4 Å². The van der Waals surface area contributed by atoms with E-state index in [1.54, 1.807) is 19.8 Å². The Hall–Kier alpha value is -4.24. The molecule has 1 atom stereocenters. The van der Waals surface area contributed by atoms with Gasteiger partial charge in [0.1, 0.15) is 18.4 Å². The molecule has 1 amide bonds. The number of benzene rings is 2. The van der Waals surface area contributed by atoms with Crippen LogP contribution in [0.2, 0.25) is 0 Å². The van der Waals surface area contributed by atoms with Crippen LogP contribution in [0.4, 0.5) is 5.69 Å². The van der Waals surface area contributed by atoms with Crippen molar-refractivity contribution in [1.82, 2.24) is 24.6 Å². The summed E-state index contributed by atoms with van der Waals surface area (Å²) in [7, 11) is 1.70. The van der Waals surface area contributed by atoms with Crippen LogP contribution in [0.15, 0.2) is 61.4 Å². The van der Waals surface area contributed by atoms with Crippen LogP contribution in [-0.4, -0.2) is 62.8 Å². The fourth-order valence-corrected chi connectivity index (χ4v) is 6.48. The first-order valence-corrected chi connectivity index (χ1v) is 15.1. The van der Waals surface area contributed by atoms with Gasteiger partial charge in [-0.15, -0.1) is 10.2 Å². The minimum atomic E-state index is -0.385. The van der Waals surface area contributed by atoms with E-state index in [4.69, 9.17) is 10.5 Å². The molecule has 1 aliphatic heterocycles. The highest BCUT2D eigenvalue weighted by Crippen LogP contribution is 2.31. The Bertz CT molecular complexity index is 1530. The number of aryl methyl sites for hydroxylation is 2. The van der Waals surface area contributed by atoms with Crippen molar-refractivity contribution in [2.24, 2.45) is 5.73 Å². The van der Waals surface area contributed by atoms with E-state index in [1.165, 1.54) is 16.8 Å². The van der Waals surface area contributed by atoms with E-state index in [-0.39, 0.29) is 5.91 Å². The Morgan fingerprint density at radius 3 is 2.40 bits per heavy atom. The van der Waals surface area contributed by atoms with Crippen LogP contribution in [0.25, 0.3) is 5.69 Å². The molecule has 2 N–H and O–H groups in total. The predicted octanol–water partition coefficient (Wildman–Crippen LogP) is 5.19. The molecule has 0 aliphatic carbocycles. The first-order valence-electron chi connectivity index (χ1n) is 15.1. The van der Waals surface area contributed by atoms with E-state index in [0.717, 1.165) is 73.4 Å². The molecule has 4 aromatic rings. The lowest BCUT2D eigenvalue weighted by Gasteiger charge is -2.42. The summed E-state index contributed by atoms with van der Waals surface area (Å²) >= 11 is 0. The highest BCUT2D eigenvalue weighted by molar-refractivity contribution is 5.96. The molecule has 2 aromatic carbocycles. The number of pyridine rings is 1. The molecule has 2 aromatic heterocycles. The van der Waals surface area contributed by atoms with Gasteiger partial charge in [-0.1, -0.05) is 0 Å². The van der Waals surface area contributed by atoms with E-state index >= 15 is 0 Å². The van der Waals surface area contributed by atoms with Crippen molar-refractivity contribution in [2.45, 2.75) is 72.0 Å². The summed E-state index contributed by atoms with van der Waals surface area (Å²) in [6.45, 7) is 11.3. The maximum Gasteiger partial charge on any atom is 0.249 e. The lowest BCUT2D eigenvalue weighted by atomic mass is 9.91. The number of carbonyl (C=O) groups excluding carboxylic acids is 1. The summed E-state index contributed by atoms with van der Waals surface area (Å²) in [5.41, 5.74) is 14.1. The molecule has 1 saturated heterocycles. The second-order valence-electron chi connectivity index (χ2n) is 11.7. The molecule has 0 unspecified atom stereocenters. The van der Waals surface area contributed by atoms with Crippen molar-refractivity contribution in [3.8, 4) is 11.4 Å². The number of methoxy groups -OCH3 is 1. The minimum absolute atomic E-state index is 0.385. The molecule has 3 heterocycles. The highest BCUT2D eigenvalue weighted by Gasteiger charge is 2.28. The number of aromatic nitrogens is 4. The smallest absolute Gasteiger partial charge is 0.249 e. The van der Waals surface area contributed by atoms with Crippen LogP contribution in [0, 0.1) is 20.8 Å². The molecule has 0 spiro atoms. The third-order valence-corrected chi connectivity index (χ3v) is 9.10. The summed E-state index contributed by atoms with van der Waals surface area (Å²) in [5, 5.41) is 8.01. The van der Waals surface area contributed by atoms with Gasteiger partial charge in [0.15, 0.2) is 0 Å². The van der Waals surface area contributed by atoms with Gasteiger partial charge in [0.05, 0.1) is 12.8 Å². The average molecular weight is 582 g/mol. The van der Waals surface area contributed by atoms with Gasteiger partial charge in [-0.25, -0.2) is 0 Å². The van der Waals surface area contributed by atoms with E-state index in [9.17, 15) is 4.79 Å². The Morgan fingerprint density at radius 1 is 1.07 bits per heavy atom. The summed E-state index contributed by atoms with van der Waals surface area (Å²) in [6, 6.07) is 13.3. The fraction of sp³-hybridized carbons (Fsp3) is 0.412. The zero-order chi connectivity index (χ0) is 30.5. The van der Waals surface area contributed by atoms with Crippen LogP contribution in [-0.2, 0) is 13.0 Å². The highest BCUT2D eigenvalue weighted by atomic mass is 16.5. The summed E-state index contributed by atoms with van der Waals surface area (Å²) < 4.78 is 7.35. The SMILES string of the molecule is COc1ccc(N(Cc2cnccc2C)C2CCN([C@H](C)CCc3c(-n4cnnc4)cc(C)c(C(N)=O)c3C)CC2)cc1. The molecule has 43 heavy (non-hydrogen) atoms. The van der Waals surface area contributed by atoms with Crippen LogP contribution in [0.3, 0.4) is 0 Å². The molecule has 5 rings (SSSR count). The Kier molecular flexibility index (Phi) is 9.40. The standard InChI is InChI=1S/C34H43N7O2/c1-23-12-15-36-19-27(23)20-41(28-7-9-30(43-5)10-8-28)29-13-16-39(17-14-29)25(3)6-11-31-26(4)33(34(35)42)24(2)18-32(31)40-21-37-38-22-40/h7-10,12,15,18-19,21-22,25,29H,6,11,13-14,16-17,20H2,1-5H3,(H2,35,42)/t25-/m1/s1. The number of primary amides is 1. The molecule has 0 bridgehead atoms. The van der Waals surface area contributed by atoms with E-state index in [2.05, 4.69) is 57.0 Å². The molecular weight excluding hydrogens is 538 g/mol. The molecular formula is C34H43N7O2. The Morgan fingerprint density at radius 2 is 1.77 bits per heavy atom. The van der Waals surface area contributed by atoms with E-state index in [0.29, 0.717) is 17.6 Å². The van der Waals surface area contributed by atoms with Crippen molar-refractivity contribution in [1.29, 1.82) is 0 Å². The van der Waals surface area contributed by atoms with Gasteiger partial charge in [0.25, 0.3) is 0 Å². The molecule has 1 aliphatic rings. The summed E-state index contributed by atoms with van der Waals surface area (Å²) in [6.07, 6.45) is 11.2. The number of amides is 1. The quantitative estimate of drug-likeness (QED) is 0.260. The number of carbonyl (C=O) groups is 1. The molecule has 9 heteroatoms. The van der Waals surface area contributed by atoms with Gasteiger partial charge >= 0.3 is 0 Å². The Balaban J connectivity index is 1.29. The van der Waals surface area contributed by atoms with Crippen LogP contribution >= 0.6 is 0 Å². The van der Waals surface area contributed by atoms with Crippen molar-refractivity contribution in [3.05, 3.63) is 94.8 Å². The van der Waals surface area contributed by atoms with Gasteiger partial charge in [-0.2, -0.15) is 0 Å². The van der Waals surface area contributed by atoms with Crippen LogP contribution in [0.5, 0.6) is 5.75 Å². The fourth-order valence-electron chi connectivity index (χ4n) is 6.48. The van der Waals surface area contributed by atoms with Gasteiger partial charge in [0, 0.05) is 55.4 Å². The number of nitrogens with two attached hydrogens (primary N) is 1. The summed E-state index contributed by atoms with van der Waals surface area (Å²) in [5.74, 6) is 0.480. The van der Waals surface area contributed by atoms with Crippen molar-refractivity contribution >= 4 is 11.6 Å². The van der Waals surface area contributed by atoms with Gasteiger partial charge in [-0.3, -0.25) is 14.3 Å². The predicted molar refractivity (Wildman–Crippen MR) is 170 cm³/mol. The third-order valence-electron chi connectivity index (χ3n) is 9.10. The molecule has 0 saturated carbocycles. The lowest BCUT2D eigenvalue weighted by Crippen LogP contribution is -2.47. The number of nitrogens with zero attached hydrogens (tertiary/aromatic N) is 6. The van der Waals surface area contributed by atoms with Crippen molar-refractivity contribution in [2.75, 3.05) is 25.1 Å². The van der Waals surface area contributed by atoms with Crippen LogP contribution in [0.1, 0.15) is 64.4 Å². The second kappa shape index (κ2) is 13.4. The monoisotopic (exact) mass is 581 g/mol. The van der Waals surface area contributed by atoms with Gasteiger partial charge in [0.2, 0.25) is 5.91 Å². The number of anilines is 1. The van der Waals surface area contributed by atoms with E-state index < -0.39 is 0 Å². The first kappa shape index (κ1) is 30.2. The number of ether oxygens (including phenoxy) is 1. The average Bonchev–Trinajstić information content (AvgIpc) is 3.55. The van der Waals surface area contributed by atoms with Crippen molar-refractivity contribution < 1.29 is 9.53 Å². The molecule has 226 valence electrons. The number of hydrogen-bond donors (Lipinski definition) is 1. The normalized spacial score (nSPS) is 14.9. The minimum Gasteiger partial charge on any atom is -0.497 e. The van der Waals surface area contributed by atoms with Gasteiger partial charge in [-0.05, 0) is 118 Å². The Labute approximate surface area is 254 Å². The number of hydrogen-bond acceptors (Lipinski definition) is 7. The molecule has 1 fully saturated rings. The first-order chi connectivity index (χ1) is 20.8. The second-order valence-corrected chi connectivity index (χ2v) is 11.7. The lowest BCUT2D eigenvalue weighted by molar-refractivity contribution is 0.0999. The largest absolute Gasteiger partial charge is 0.497 e. The number of likely N-dealkylation sites (tertiary alicyclic amines) is 1. The maximum atomic E-state index is 12.3. The van der Waals surface area contributed by atoms with Gasteiger partial charge < -0.3 is 20.3 Å². The number of rotatable bonds is 11. The number of piperidine rings is 1. The molecule has 0 radical (unpaired) electrons. The zero-order valence-electron chi connectivity index (χ0n) is 26.0. The molecule has 9 nitrogen and oxygen atoms in total. The van der Waals surface area contributed by atoms with E-state index in [1.807, 2.05) is 49.0 Å². The maximum absolute atomic E-state index is 12.3. The third kappa shape index (κ3) is 6.72. The topological polar surface area (TPSA) is 102 Å².